The van der Waals surface area contributed by atoms with Crippen LogP contribution in [0.3, 0.4) is 0 Å². The summed E-state index contributed by atoms with van der Waals surface area (Å²) in [5.74, 6) is 1.89. The molecule has 2 aliphatic carbocycles. The molecule has 3 atom stereocenters. The molecular formula is C11H14O. The van der Waals surface area contributed by atoms with E-state index in [-0.39, 0.29) is 0 Å². The second-order valence-electron chi connectivity index (χ2n) is 3.79. The molecule has 0 aliphatic heterocycles. The van der Waals surface area contributed by atoms with E-state index in [9.17, 15) is 4.79 Å². The molecule has 0 radical (unpaired) electrons. The number of rotatable bonds is 2. The average Bonchev–Trinajstić information content (AvgIpc) is 2.64. The maximum absolute atomic E-state index is 11.5. The number of carbonyl (C=O) groups excluding carboxylic acids is 1. The lowest BCUT2D eigenvalue weighted by Crippen LogP contribution is -2.16. The van der Waals surface area contributed by atoms with Crippen LogP contribution in [0.1, 0.15) is 19.8 Å². The fourth-order valence-corrected chi connectivity index (χ4v) is 2.40. The van der Waals surface area contributed by atoms with Crippen LogP contribution in [-0.4, -0.2) is 5.78 Å². The Bertz CT molecular complexity index is 250. The van der Waals surface area contributed by atoms with Gasteiger partial charge in [-0.25, -0.2) is 0 Å². The summed E-state index contributed by atoms with van der Waals surface area (Å²) < 4.78 is 0. The van der Waals surface area contributed by atoms with E-state index in [2.05, 4.69) is 12.2 Å². The van der Waals surface area contributed by atoms with Crippen LogP contribution in [-0.2, 0) is 4.79 Å². The molecule has 1 saturated carbocycles. The Labute approximate surface area is 73.2 Å². The highest BCUT2D eigenvalue weighted by atomic mass is 16.1. The maximum Gasteiger partial charge on any atom is 0.159 e. The van der Waals surface area contributed by atoms with Crippen molar-refractivity contribution in [1.29, 1.82) is 0 Å². The Kier molecular flexibility index (Phi) is 1.87. The van der Waals surface area contributed by atoms with Gasteiger partial charge in [-0.05, 0) is 37.7 Å². The molecule has 0 aromatic heterocycles. The van der Waals surface area contributed by atoms with E-state index in [0.717, 1.165) is 6.42 Å². The van der Waals surface area contributed by atoms with Crippen LogP contribution in [0.15, 0.2) is 24.3 Å². The molecule has 0 spiro atoms. The Hall–Kier alpha value is -0.850. The second kappa shape index (κ2) is 2.89. The quantitative estimate of drug-likeness (QED) is 0.450. The summed E-state index contributed by atoms with van der Waals surface area (Å²) >= 11 is 0. The molecule has 2 bridgehead atoms. The van der Waals surface area contributed by atoms with Gasteiger partial charge in [0.2, 0.25) is 0 Å². The minimum atomic E-state index is 0.302. The number of hydrogen-bond donors (Lipinski definition) is 0. The molecule has 2 aliphatic rings. The molecule has 0 heterocycles. The first-order chi connectivity index (χ1) is 5.81. The Morgan fingerprint density at radius 3 is 2.75 bits per heavy atom. The molecule has 1 fully saturated rings. The van der Waals surface area contributed by atoms with Crippen molar-refractivity contribution >= 4 is 5.78 Å². The summed E-state index contributed by atoms with van der Waals surface area (Å²) in [6.45, 7) is 1.90. The van der Waals surface area contributed by atoms with Crippen LogP contribution < -0.4 is 0 Å². The minimum absolute atomic E-state index is 0.302. The predicted octanol–water partition coefficient (Wildman–Crippen LogP) is 2.34. The summed E-state index contributed by atoms with van der Waals surface area (Å²) in [7, 11) is 0. The van der Waals surface area contributed by atoms with Crippen LogP contribution in [0.25, 0.3) is 0 Å². The summed E-state index contributed by atoms with van der Waals surface area (Å²) in [4.78, 5) is 11.5. The van der Waals surface area contributed by atoms with E-state index in [1.165, 1.54) is 6.42 Å². The van der Waals surface area contributed by atoms with Gasteiger partial charge in [-0.2, -0.15) is 0 Å². The molecule has 0 N–H and O–H groups in total. The smallest absolute Gasteiger partial charge is 0.159 e. The zero-order valence-electron chi connectivity index (χ0n) is 7.36. The SMILES string of the molecule is C/C=C/C(=O)[C@H]1C[C@H]2C=C[C@@H]1C2. The van der Waals surface area contributed by atoms with Gasteiger partial charge in [-0.3, -0.25) is 4.79 Å². The molecular weight excluding hydrogens is 148 g/mol. The third kappa shape index (κ3) is 1.13. The van der Waals surface area contributed by atoms with Crippen molar-refractivity contribution in [2.45, 2.75) is 19.8 Å². The molecule has 0 aromatic rings. The summed E-state index contributed by atoms with van der Waals surface area (Å²) in [5.41, 5.74) is 0. The fraction of sp³-hybridized carbons (Fsp3) is 0.545. The number of fused-ring (bicyclic) bond motifs is 2. The molecule has 1 nitrogen and oxygen atoms in total. The van der Waals surface area contributed by atoms with Crippen LogP contribution in [0.4, 0.5) is 0 Å². The van der Waals surface area contributed by atoms with E-state index in [4.69, 9.17) is 0 Å². The molecule has 0 aromatic carbocycles. The summed E-state index contributed by atoms with van der Waals surface area (Å²) in [6, 6.07) is 0. The van der Waals surface area contributed by atoms with Gasteiger partial charge in [-0.15, -0.1) is 0 Å². The Morgan fingerprint density at radius 2 is 2.25 bits per heavy atom. The van der Waals surface area contributed by atoms with Crippen LogP contribution in [0.2, 0.25) is 0 Å². The zero-order valence-corrected chi connectivity index (χ0v) is 7.36. The van der Waals surface area contributed by atoms with E-state index < -0.39 is 0 Å². The molecule has 1 heteroatoms. The van der Waals surface area contributed by atoms with Crippen molar-refractivity contribution in [1.82, 2.24) is 0 Å². The van der Waals surface area contributed by atoms with Crippen molar-refractivity contribution in [3.63, 3.8) is 0 Å². The first-order valence-electron chi connectivity index (χ1n) is 4.66. The van der Waals surface area contributed by atoms with E-state index in [1.54, 1.807) is 6.08 Å². The third-order valence-electron chi connectivity index (χ3n) is 2.98. The van der Waals surface area contributed by atoms with E-state index >= 15 is 0 Å². The van der Waals surface area contributed by atoms with Crippen LogP contribution in [0.5, 0.6) is 0 Å². The van der Waals surface area contributed by atoms with E-state index in [1.807, 2.05) is 13.0 Å². The van der Waals surface area contributed by atoms with Crippen molar-refractivity contribution in [2.75, 3.05) is 0 Å². The monoisotopic (exact) mass is 162 g/mol. The Balaban J connectivity index is 2.07. The predicted molar refractivity (Wildman–Crippen MR) is 48.7 cm³/mol. The highest BCUT2D eigenvalue weighted by Gasteiger charge is 2.38. The van der Waals surface area contributed by atoms with Gasteiger partial charge in [0.1, 0.15) is 0 Å². The lowest BCUT2D eigenvalue weighted by atomic mass is 9.89. The molecule has 0 saturated heterocycles. The van der Waals surface area contributed by atoms with Crippen molar-refractivity contribution in [3.8, 4) is 0 Å². The normalized spacial score (nSPS) is 38.2. The molecule has 2 rings (SSSR count). The van der Waals surface area contributed by atoms with Gasteiger partial charge >= 0.3 is 0 Å². The standard InChI is InChI=1S/C11H14O/c1-2-3-11(12)10-7-8-4-5-9(10)6-8/h2-5,8-10H,6-7H2,1H3/b3-2+/t8-,9+,10-/m0/s1. The summed E-state index contributed by atoms with van der Waals surface area (Å²) in [6.07, 6.45) is 10.4. The summed E-state index contributed by atoms with van der Waals surface area (Å²) in [5, 5.41) is 0. The molecule has 12 heavy (non-hydrogen) atoms. The topological polar surface area (TPSA) is 17.1 Å². The van der Waals surface area contributed by atoms with Crippen molar-refractivity contribution < 1.29 is 4.79 Å². The molecule has 64 valence electrons. The number of ketones is 1. The largest absolute Gasteiger partial charge is 0.295 e. The third-order valence-corrected chi connectivity index (χ3v) is 2.98. The zero-order chi connectivity index (χ0) is 8.55. The minimum Gasteiger partial charge on any atom is -0.295 e. The van der Waals surface area contributed by atoms with Gasteiger partial charge in [-0.1, -0.05) is 18.2 Å². The van der Waals surface area contributed by atoms with Gasteiger partial charge in [0.05, 0.1) is 0 Å². The number of allylic oxidation sites excluding steroid dienone is 4. The lowest BCUT2D eigenvalue weighted by molar-refractivity contribution is -0.118. The molecule has 0 unspecified atom stereocenters. The van der Waals surface area contributed by atoms with Crippen molar-refractivity contribution in [2.24, 2.45) is 17.8 Å². The maximum atomic E-state index is 11.5. The highest BCUT2D eigenvalue weighted by molar-refractivity contribution is 5.92. The van der Waals surface area contributed by atoms with Gasteiger partial charge < -0.3 is 0 Å². The van der Waals surface area contributed by atoms with Gasteiger partial charge in [0, 0.05) is 5.92 Å². The highest BCUT2D eigenvalue weighted by Crippen LogP contribution is 2.43. The van der Waals surface area contributed by atoms with Gasteiger partial charge in [0.25, 0.3) is 0 Å². The Morgan fingerprint density at radius 1 is 1.42 bits per heavy atom. The number of carbonyl (C=O) groups is 1. The second-order valence-corrected chi connectivity index (χ2v) is 3.79. The lowest BCUT2D eigenvalue weighted by Gasteiger charge is -2.13. The van der Waals surface area contributed by atoms with E-state index in [0.29, 0.717) is 23.5 Å². The first-order valence-corrected chi connectivity index (χ1v) is 4.66. The fourth-order valence-electron chi connectivity index (χ4n) is 2.40. The van der Waals surface area contributed by atoms with Crippen LogP contribution in [0, 0.1) is 17.8 Å². The first kappa shape index (κ1) is 7.78. The van der Waals surface area contributed by atoms with Crippen LogP contribution >= 0.6 is 0 Å². The number of hydrogen-bond acceptors (Lipinski definition) is 1. The average molecular weight is 162 g/mol. The van der Waals surface area contributed by atoms with Crippen molar-refractivity contribution in [3.05, 3.63) is 24.3 Å². The molecule has 0 amide bonds. The van der Waals surface area contributed by atoms with Gasteiger partial charge in [0.15, 0.2) is 5.78 Å².